The van der Waals surface area contributed by atoms with Gasteiger partial charge in [0.25, 0.3) is 0 Å². The van der Waals surface area contributed by atoms with Gasteiger partial charge >= 0.3 is 0 Å². The van der Waals surface area contributed by atoms with Crippen LogP contribution in [0.3, 0.4) is 0 Å². The van der Waals surface area contributed by atoms with Crippen molar-refractivity contribution in [2.24, 2.45) is 4.99 Å². The van der Waals surface area contributed by atoms with E-state index in [0.29, 0.717) is 13.2 Å². The predicted octanol–water partition coefficient (Wildman–Crippen LogP) is 3.79. The van der Waals surface area contributed by atoms with Gasteiger partial charge in [-0.15, -0.1) is 24.0 Å². The van der Waals surface area contributed by atoms with Gasteiger partial charge in [-0.2, -0.15) is 0 Å². The standard InChI is InChI=1S/C22H29N3O3.HI/c1-5-14-28-19-9-7-6-8-18(19)16-25-22(23-2)24-13-12-17-10-11-20(26-3)21(15-17)27-4;/h5-11,15H,1,12-14,16H2,2-4H3,(H2,23,24,25);1H. The van der Waals surface area contributed by atoms with E-state index >= 15 is 0 Å². The molecule has 29 heavy (non-hydrogen) atoms. The summed E-state index contributed by atoms with van der Waals surface area (Å²) >= 11 is 0. The smallest absolute Gasteiger partial charge is 0.191 e. The van der Waals surface area contributed by atoms with Crippen molar-refractivity contribution < 1.29 is 14.2 Å². The molecule has 0 unspecified atom stereocenters. The number of guanidine groups is 1. The summed E-state index contributed by atoms with van der Waals surface area (Å²) in [4.78, 5) is 4.28. The zero-order chi connectivity index (χ0) is 20.2. The fourth-order valence-electron chi connectivity index (χ4n) is 2.70. The molecule has 158 valence electrons. The topological polar surface area (TPSA) is 64.1 Å². The van der Waals surface area contributed by atoms with Gasteiger partial charge in [0, 0.05) is 25.7 Å². The Bertz CT molecular complexity index is 797. The van der Waals surface area contributed by atoms with Gasteiger partial charge in [0.05, 0.1) is 14.2 Å². The largest absolute Gasteiger partial charge is 0.493 e. The van der Waals surface area contributed by atoms with Crippen molar-refractivity contribution in [2.45, 2.75) is 13.0 Å². The Labute approximate surface area is 190 Å². The van der Waals surface area contributed by atoms with Gasteiger partial charge < -0.3 is 24.8 Å². The monoisotopic (exact) mass is 511 g/mol. The average molecular weight is 511 g/mol. The van der Waals surface area contributed by atoms with Crippen LogP contribution in [0.2, 0.25) is 0 Å². The normalized spacial score (nSPS) is 10.5. The van der Waals surface area contributed by atoms with E-state index in [1.807, 2.05) is 42.5 Å². The van der Waals surface area contributed by atoms with Crippen LogP contribution in [0.4, 0.5) is 0 Å². The maximum atomic E-state index is 5.69. The molecule has 0 aromatic heterocycles. The summed E-state index contributed by atoms with van der Waals surface area (Å²) in [6.07, 6.45) is 2.57. The highest BCUT2D eigenvalue weighted by atomic mass is 127. The molecule has 0 amide bonds. The molecule has 6 nitrogen and oxygen atoms in total. The highest BCUT2D eigenvalue weighted by molar-refractivity contribution is 14.0. The van der Waals surface area contributed by atoms with Crippen LogP contribution in [0.15, 0.2) is 60.1 Å². The molecule has 0 heterocycles. The van der Waals surface area contributed by atoms with Crippen molar-refractivity contribution in [1.29, 1.82) is 0 Å². The summed E-state index contributed by atoms with van der Waals surface area (Å²) in [6.45, 7) is 5.52. The third kappa shape index (κ3) is 7.84. The highest BCUT2D eigenvalue weighted by Crippen LogP contribution is 2.27. The molecule has 0 radical (unpaired) electrons. The number of aliphatic imine (C=N–C) groups is 1. The molecule has 2 aromatic carbocycles. The first-order valence-electron chi connectivity index (χ1n) is 9.18. The Morgan fingerprint density at radius 2 is 1.79 bits per heavy atom. The minimum absolute atomic E-state index is 0. The number of ether oxygens (including phenoxy) is 3. The zero-order valence-electron chi connectivity index (χ0n) is 17.2. The summed E-state index contributed by atoms with van der Waals surface area (Å²) < 4.78 is 16.3. The predicted molar refractivity (Wildman–Crippen MR) is 129 cm³/mol. The van der Waals surface area contributed by atoms with Crippen molar-refractivity contribution in [2.75, 3.05) is 34.4 Å². The van der Waals surface area contributed by atoms with E-state index < -0.39 is 0 Å². The Balaban J connectivity index is 0.00000420. The molecular weight excluding hydrogens is 481 g/mol. The van der Waals surface area contributed by atoms with Gasteiger partial charge in [-0.25, -0.2) is 0 Å². The maximum absolute atomic E-state index is 5.69. The number of hydrogen-bond donors (Lipinski definition) is 2. The van der Waals surface area contributed by atoms with E-state index in [2.05, 4.69) is 22.2 Å². The molecule has 0 saturated heterocycles. The van der Waals surface area contributed by atoms with Crippen molar-refractivity contribution in [1.82, 2.24) is 10.6 Å². The summed E-state index contributed by atoms with van der Waals surface area (Å²) in [5.41, 5.74) is 2.22. The van der Waals surface area contributed by atoms with E-state index in [4.69, 9.17) is 14.2 Å². The van der Waals surface area contributed by atoms with Crippen molar-refractivity contribution >= 4 is 29.9 Å². The first-order valence-corrected chi connectivity index (χ1v) is 9.18. The van der Waals surface area contributed by atoms with Crippen LogP contribution in [-0.4, -0.2) is 40.4 Å². The van der Waals surface area contributed by atoms with Gasteiger partial charge in [0.2, 0.25) is 0 Å². The first kappa shape index (κ1) is 24.6. The second kappa shape index (κ2) is 13.7. The SMILES string of the molecule is C=CCOc1ccccc1CNC(=NC)NCCc1ccc(OC)c(OC)c1.I. The Hall–Kier alpha value is -2.42. The Kier molecular flexibility index (Phi) is 11.6. The summed E-state index contributed by atoms with van der Waals surface area (Å²) in [5.74, 6) is 3.04. The van der Waals surface area contributed by atoms with Crippen LogP contribution >= 0.6 is 24.0 Å². The molecular formula is C22H30IN3O3. The maximum Gasteiger partial charge on any atom is 0.191 e. The Morgan fingerprint density at radius 3 is 2.48 bits per heavy atom. The van der Waals surface area contributed by atoms with Crippen LogP contribution in [0.5, 0.6) is 17.2 Å². The minimum Gasteiger partial charge on any atom is -0.493 e. The number of nitrogens with zero attached hydrogens (tertiary/aromatic N) is 1. The number of para-hydroxylation sites is 1. The number of hydrogen-bond acceptors (Lipinski definition) is 4. The summed E-state index contributed by atoms with van der Waals surface area (Å²) in [5, 5.41) is 6.64. The van der Waals surface area contributed by atoms with Gasteiger partial charge in [0.15, 0.2) is 17.5 Å². The lowest BCUT2D eigenvalue weighted by Crippen LogP contribution is -2.37. The fraction of sp³-hybridized carbons (Fsp3) is 0.318. The molecule has 0 atom stereocenters. The van der Waals surface area contributed by atoms with Gasteiger partial charge in [-0.05, 0) is 30.2 Å². The molecule has 0 fully saturated rings. The van der Waals surface area contributed by atoms with Crippen LogP contribution < -0.4 is 24.8 Å². The van der Waals surface area contributed by atoms with Crippen LogP contribution in [0.1, 0.15) is 11.1 Å². The molecule has 2 aromatic rings. The van der Waals surface area contributed by atoms with Crippen LogP contribution in [-0.2, 0) is 13.0 Å². The van der Waals surface area contributed by atoms with E-state index in [-0.39, 0.29) is 24.0 Å². The van der Waals surface area contributed by atoms with Crippen LogP contribution in [0, 0.1) is 0 Å². The molecule has 0 aliphatic carbocycles. The summed E-state index contributed by atoms with van der Waals surface area (Å²) in [6, 6.07) is 13.9. The van der Waals surface area contributed by atoms with Crippen molar-refractivity contribution in [3.8, 4) is 17.2 Å². The molecule has 7 heteroatoms. The number of benzene rings is 2. The highest BCUT2D eigenvalue weighted by Gasteiger charge is 2.06. The number of halogens is 1. The molecule has 0 spiro atoms. The van der Waals surface area contributed by atoms with Gasteiger partial charge in [-0.1, -0.05) is 36.9 Å². The second-order valence-electron chi connectivity index (χ2n) is 6.00. The molecule has 2 rings (SSSR count). The fourth-order valence-corrected chi connectivity index (χ4v) is 2.70. The van der Waals surface area contributed by atoms with Gasteiger partial charge in [-0.3, -0.25) is 4.99 Å². The first-order chi connectivity index (χ1) is 13.7. The third-order valence-corrected chi connectivity index (χ3v) is 4.15. The number of nitrogens with one attached hydrogen (secondary N) is 2. The van der Waals surface area contributed by atoms with E-state index in [1.165, 1.54) is 0 Å². The lowest BCUT2D eigenvalue weighted by molar-refractivity contribution is 0.354. The lowest BCUT2D eigenvalue weighted by Gasteiger charge is -2.15. The van der Waals surface area contributed by atoms with Crippen LogP contribution in [0.25, 0.3) is 0 Å². The molecule has 0 saturated carbocycles. The minimum atomic E-state index is 0. The second-order valence-corrected chi connectivity index (χ2v) is 6.00. The van der Waals surface area contributed by atoms with E-state index in [0.717, 1.165) is 47.3 Å². The molecule has 0 bridgehead atoms. The van der Waals surface area contributed by atoms with Gasteiger partial charge in [0.1, 0.15) is 12.4 Å². The van der Waals surface area contributed by atoms with Crippen molar-refractivity contribution in [3.63, 3.8) is 0 Å². The van der Waals surface area contributed by atoms with Crippen molar-refractivity contribution in [3.05, 3.63) is 66.2 Å². The molecule has 0 aliphatic rings. The Morgan fingerprint density at radius 1 is 1.03 bits per heavy atom. The quantitative estimate of drug-likeness (QED) is 0.220. The van der Waals surface area contributed by atoms with E-state index in [9.17, 15) is 0 Å². The molecule has 2 N–H and O–H groups in total. The molecule has 0 aliphatic heterocycles. The lowest BCUT2D eigenvalue weighted by atomic mass is 10.1. The van der Waals surface area contributed by atoms with E-state index in [1.54, 1.807) is 27.3 Å². The number of methoxy groups -OCH3 is 2. The third-order valence-electron chi connectivity index (χ3n) is 4.15. The summed E-state index contributed by atoms with van der Waals surface area (Å²) in [7, 11) is 5.03. The average Bonchev–Trinajstić information content (AvgIpc) is 2.75. The number of rotatable bonds is 10. The zero-order valence-corrected chi connectivity index (χ0v) is 19.6.